The average Bonchev–Trinajstić information content (AvgIpc) is 2.55. The van der Waals surface area contributed by atoms with Gasteiger partial charge in [-0.05, 0) is 54.7 Å². The molecular formula is C20H22N2O. The van der Waals surface area contributed by atoms with E-state index in [1.807, 2.05) is 13.0 Å². The summed E-state index contributed by atoms with van der Waals surface area (Å²) < 4.78 is 0. The first-order valence-corrected chi connectivity index (χ1v) is 7.89. The zero-order valence-electron chi connectivity index (χ0n) is 13.8. The number of rotatable bonds is 5. The Bertz CT molecular complexity index is 694. The molecule has 0 spiro atoms. The second-order valence-electron chi connectivity index (χ2n) is 6.22. The van der Waals surface area contributed by atoms with E-state index in [9.17, 15) is 4.79 Å². The largest absolute Gasteiger partial charge is 0.346 e. The number of carbonyl (C=O) groups excluding carboxylic acids is 1. The summed E-state index contributed by atoms with van der Waals surface area (Å²) in [4.78, 5) is 12.2. The second kappa shape index (κ2) is 7.60. The van der Waals surface area contributed by atoms with Gasteiger partial charge in [-0.1, -0.05) is 38.1 Å². The number of amides is 1. The van der Waals surface area contributed by atoms with Gasteiger partial charge in [0.15, 0.2) is 0 Å². The van der Waals surface area contributed by atoms with Crippen molar-refractivity contribution in [2.75, 3.05) is 0 Å². The van der Waals surface area contributed by atoms with Crippen molar-refractivity contribution in [3.8, 4) is 6.07 Å². The molecule has 0 aromatic heterocycles. The summed E-state index contributed by atoms with van der Waals surface area (Å²) in [6.07, 6.45) is 1.06. The number of nitrogens with zero attached hydrogens (tertiary/aromatic N) is 1. The highest BCUT2D eigenvalue weighted by Crippen LogP contribution is 2.16. The Labute approximate surface area is 138 Å². The highest BCUT2D eigenvalue weighted by atomic mass is 16.1. The van der Waals surface area contributed by atoms with E-state index in [0.29, 0.717) is 17.0 Å². The van der Waals surface area contributed by atoms with Crippen LogP contribution in [0.2, 0.25) is 0 Å². The van der Waals surface area contributed by atoms with Crippen LogP contribution in [0, 0.1) is 17.2 Å². The standard InChI is InChI=1S/C20H22N2O/c1-14(2)12-16-4-8-18(9-5-16)15(3)22-20(23)19-10-6-17(13-21)7-11-19/h4-11,14-15H,12H2,1-3H3,(H,22,23)/t15-/m1/s1. The van der Waals surface area contributed by atoms with Crippen LogP contribution in [0.25, 0.3) is 0 Å². The molecule has 0 aliphatic heterocycles. The molecule has 0 aliphatic carbocycles. The van der Waals surface area contributed by atoms with Crippen molar-refractivity contribution < 1.29 is 4.79 Å². The molecule has 0 radical (unpaired) electrons. The van der Waals surface area contributed by atoms with Gasteiger partial charge >= 0.3 is 0 Å². The van der Waals surface area contributed by atoms with E-state index in [2.05, 4.69) is 43.4 Å². The van der Waals surface area contributed by atoms with Gasteiger partial charge in [-0.3, -0.25) is 4.79 Å². The SMILES string of the molecule is CC(C)Cc1ccc([C@@H](C)NC(=O)c2ccc(C#N)cc2)cc1. The van der Waals surface area contributed by atoms with E-state index < -0.39 is 0 Å². The zero-order chi connectivity index (χ0) is 16.8. The van der Waals surface area contributed by atoms with Crippen molar-refractivity contribution in [3.05, 3.63) is 70.8 Å². The summed E-state index contributed by atoms with van der Waals surface area (Å²) in [6.45, 7) is 6.38. The Hall–Kier alpha value is -2.60. The number of carbonyl (C=O) groups is 1. The third-order valence-electron chi connectivity index (χ3n) is 3.75. The maximum absolute atomic E-state index is 12.2. The number of nitriles is 1. The maximum atomic E-state index is 12.2. The zero-order valence-corrected chi connectivity index (χ0v) is 13.8. The van der Waals surface area contributed by atoms with Crippen LogP contribution in [-0.2, 0) is 6.42 Å². The lowest BCUT2D eigenvalue weighted by Crippen LogP contribution is -2.26. The molecule has 3 heteroatoms. The molecule has 0 heterocycles. The molecule has 0 unspecified atom stereocenters. The van der Waals surface area contributed by atoms with Crippen molar-refractivity contribution in [2.45, 2.75) is 33.2 Å². The molecule has 2 aromatic rings. The molecule has 0 fully saturated rings. The predicted octanol–water partition coefficient (Wildman–Crippen LogP) is 4.25. The highest BCUT2D eigenvalue weighted by Gasteiger charge is 2.11. The third kappa shape index (κ3) is 4.69. The second-order valence-corrected chi connectivity index (χ2v) is 6.22. The maximum Gasteiger partial charge on any atom is 0.251 e. The highest BCUT2D eigenvalue weighted by molar-refractivity contribution is 5.94. The Morgan fingerprint density at radius 1 is 1.04 bits per heavy atom. The van der Waals surface area contributed by atoms with Crippen LogP contribution in [0.1, 0.15) is 53.9 Å². The summed E-state index contributed by atoms with van der Waals surface area (Å²) in [6, 6.07) is 17.0. The topological polar surface area (TPSA) is 52.9 Å². The van der Waals surface area contributed by atoms with E-state index in [0.717, 1.165) is 12.0 Å². The summed E-state index contributed by atoms with van der Waals surface area (Å²) in [5, 5.41) is 11.8. The Balaban J connectivity index is 2.01. The van der Waals surface area contributed by atoms with Crippen molar-refractivity contribution >= 4 is 5.91 Å². The molecule has 0 saturated carbocycles. The number of hydrogen-bond donors (Lipinski definition) is 1. The van der Waals surface area contributed by atoms with Gasteiger partial charge in [-0.25, -0.2) is 0 Å². The van der Waals surface area contributed by atoms with Crippen LogP contribution in [0.3, 0.4) is 0 Å². The van der Waals surface area contributed by atoms with E-state index in [-0.39, 0.29) is 11.9 Å². The van der Waals surface area contributed by atoms with Crippen molar-refractivity contribution in [1.82, 2.24) is 5.32 Å². The smallest absolute Gasteiger partial charge is 0.251 e. The molecule has 1 N–H and O–H groups in total. The minimum atomic E-state index is -0.131. The minimum Gasteiger partial charge on any atom is -0.346 e. The van der Waals surface area contributed by atoms with E-state index >= 15 is 0 Å². The van der Waals surface area contributed by atoms with Gasteiger partial charge < -0.3 is 5.32 Å². The number of hydrogen-bond acceptors (Lipinski definition) is 2. The lowest BCUT2D eigenvalue weighted by atomic mass is 10.00. The molecular weight excluding hydrogens is 284 g/mol. The fourth-order valence-electron chi connectivity index (χ4n) is 2.47. The molecule has 23 heavy (non-hydrogen) atoms. The number of benzene rings is 2. The van der Waals surface area contributed by atoms with Gasteiger partial charge in [-0.2, -0.15) is 5.26 Å². The van der Waals surface area contributed by atoms with Crippen molar-refractivity contribution in [3.63, 3.8) is 0 Å². The van der Waals surface area contributed by atoms with Crippen LogP contribution in [0.15, 0.2) is 48.5 Å². The number of nitrogens with one attached hydrogen (secondary N) is 1. The molecule has 2 rings (SSSR count). The van der Waals surface area contributed by atoms with Gasteiger partial charge in [0, 0.05) is 5.56 Å². The first kappa shape index (κ1) is 16.8. The minimum absolute atomic E-state index is 0.0637. The lowest BCUT2D eigenvalue weighted by molar-refractivity contribution is 0.0940. The monoisotopic (exact) mass is 306 g/mol. The molecule has 0 bridgehead atoms. The quantitative estimate of drug-likeness (QED) is 0.898. The van der Waals surface area contributed by atoms with Crippen LogP contribution < -0.4 is 5.32 Å². The van der Waals surface area contributed by atoms with Crippen LogP contribution >= 0.6 is 0 Å². The predicted molar refractivity (Wildman–Crippen MR) is 92.0 cm³/mol. The van der Waals surface area contributed by atoms with Gasteiger partial charge in [0.05, 0.1) is 17.7 Å². The molecule has 118 valence electrons. The summed E-state index contributed by atoms with van der Waals surface area (Å²) >= 11 is 0. The van der Waals surface area contributed by atoms with Crippen LogP contribution in [0.5, 0.6) is 0 Å². The summed E-state index contributed by atoms with van der Waals surface area (Å²) in [5.41, 5.74) is 3.51. The fraction of sp³-hybridized carbons (Fsp3) is 0.300. The van der Waals surface area contributed by atoms with Gasteiger partial charge in [0.2, 0.25) is 0 Å². The van der Waals surface area contributed by atoms with Crippen LogP contribution in [0.4, 0.5) is 0 Å². The van der Waals surface area contributed by atoms with Crippen LogP contribution in [-0.4, -0.2) is 5.91 Å². The van der Waals surface area contributed by atoms with E-state index in [4.69, 9.17) is 5.26 Å². The first-order chi connectivity index (χ1) is 11.0. The summed E-state index contributed by atoms with van der Waals surface area (Å²) in [7, 11) is 0. The molecule has 1 atom stereocenters. The Morgan fingerprint density at radius 3 is 2.17 bits per heavy atom. The Kier molecular flexibility index (Phi) is 5.54. The molecule has 0 saturated heterocycles. The van der Waals surface area contributed by atoms with Crippen molar-refractivity contribution in [2.24, 2.45) is 5.92 Å². The summed E-state index contributed by atoms with van der Waals surface area (Å²) in [5.74, 6) is 0.502. The average molecular weight is 306 g/mol. The fourth-order valence-corrected chi connectivity index (χ4v) is 2.47. The van der Waals surface area contributed by atoms with Gasteiger partial charge in [0.25, 0.3) is 5.91 Å². The molecule has 3 nitrogen and oxygen atoms in total. The molecule has 2 aromatic carbocycles. The molecule has 1 amide bonds. The van der Waals surface area contributed by atoms with Crippen molar-refractivity contribution in [1.29, 1.82) is 5.26 Å². The third-order valence-corrected chi connectivity index (χ3v) is 3.75. The normalized spacial score (nSPS) is 11.8. The van der Waals surface area contributed by atoms with E-state index in [1.165, 1.54) is 5.56 Å². The Morgan fingerprint density at radius 2 is 1.65 bits per heavy atom. The molecule has 0 aliphatic rings. The van der Waals surface area contributed by atoms with Gasteiger partial charge in [0.1, 0.15) is 0 Å². The lowest BCUT2D eigenvalue weighted by Gasteiger charge is -2.15. The van der Waals surface area contributed by atoms with Gasteiger partial charge in [-0.15, -0.1) is 0 Å². The first-order valence-electron chi connectivity index (χ1n) is 7.89. The van der Waals surface area contributed by atoms with E-state index in [1.54, 1.807) is 24.3 Å².